The van der Waals surface area contributed by atoms with Gasteiger partial charge in [-0.15, -0.1) is 0 Å². The first-order valence-corrected chi connectivity index (χ1v) is 6.88. The number of fused-ring (bicyclic) bond motifs is 1. The number of hydrogen-bond donors (Lipinski definition) is 1. The summed E-state index contributed by atoms with van der Waals surface area (Å²) >= 11 is 0. The summed E-state index contributed by atoms with van der Waals surface area (Å²) in [6, 6.07) is 7.36. The topological polar surface area (TPSA) is 45.8 Å². The molecule has 0 atom stereocenters. The molecule has 0 saturated heterocycles. The van der Waals surface area contributed by atoms with Gasteiger partial charge in [0.15, 0.2) is 11.6 Å². The van der Waals surface area contributed by atoms with Crippen molar-refractivity contribution in [1.82, 2.24) is 9.97 Å². The number of H-pyrrole nitrogens is 1. The van der Waals surface area contributed by atoms with Gasteiger partial charge >= 0.3 is 0 Å². The molecule has 1 aromatic heterocycles. The van der Waals surface area contributed by atoms with Gasteiger partial charge in [0.05, 0.1) is 11.0 Å². The van der Waals surface area contributed by atoms with E-state index >= 15 is 0 Å². The Morgan fingerprint density at radius 1 is 1.05 bits per heavy atom. The molecule has 0 aliphatic heterocycles. The molecular weight excluding hydrogens is 286 g/mol. The van der Waals surface area contributed by atoms with Gasteiger partial charge in [-0.25, -0.2) is 13.8 Å². The van der Waals surface area contributed by atoms with Crippen molar-refractivity contribution in [2.75, 3.05) is 0 Å². The average molecular weight is 300 g/mol. The van der Waals surface area contributed by atoms with Gasteiger partial charge in [-0.3, -0.25) is 4.79 Å². The lowest BCUT2D eigenvalue weighted by Gasteiger charge is -2.06. The molecule has 0 amide bonds. The third kappa shape index (κ3) is 2.62. The zero-order valence-electron chi connectivity index (χ0n) is 12.2. The standard InChI is InChI=1S/C17H14F2N2O/c1-9-5-14-15(6-10(9)2)21-17(22)16(20-14)8-11-3-4-12(18)13(19)7-11/h3-7H,8H2,1-2H3,(H,21,22). The van der Waals surface area contributed by atoms with Crippen LogP contribution in [0.15, 0.2) is 35.1 Å². The lowest BCUT2D eigenvalue weighted by atomic mass is 10.1. The lowest BCUT2D eigenvalue weighted by Crippen LogP contribution is -2.16. The quantitative estimate of drug-likeness (QED) is 0.788. The van der Waals surface area contributed by atoms with Gasteiger partial charge in [0.2, 0.25) is 0 Å². The number of rotatable bonds is 2. The third-order valence-corrected chi connectivity index (χ3v) is 3.73. The van der Waals surface area contributed by atoms with Crippen LogP contribution in [0, 0.1) is 25.5 Å². The van der Waals surface area contributed by atoms with Crippen molar-refractivity contribution < 1.29 is 8.78 Å². The highest BCUT2D eigenvalue weighted by Crippen LogP contribution is 2.16. The van der Waals surface area contributed by atoms with Gasteiger partial charge in [-0.05, 0) is 54.8 Å². The van der Waals surface area contributed by atoms with E-state index < -0.39 is 11.6 Å². The van der Waals surface area contributed by atoms with Crippen molar-refractivity contribution in [1.29, 1.82) is 0 Å². The molecule has 22 heavy (non-hydrogen) atoms. The molecule has 1 N–H and O–H groups in total. The minimum absolute atomic E-state index is 0.148. The van der Waals surface area contributed by atoms with Gasteiger partial charge in [0.25, 0.3) is 5.56 Å². The molecule has 0 bridgehead atoms. The van der Waals surface area contributed by atoms with E-state index in [0.29, 0.717) is 16.6 Å². The fraction of sp³-hybridized carbons (Fsp3) is 0.176. The number of halogens is 2. The van der Waals surface area contributed by atoms with Crippen LogP contribution in [-0.2, 0) is 6.42 Å². The number of aryl methyl sites for hydroxylation is 2. The lowest BCUT2D eigenvalue weighted by molar-refractivity contribution is 0.507. The Kier molecular flexibility index (Phi) is 3.48. The fourth-order valence-corrected chi connectivity index (χ4v) is 2.35. The molecule has 2 aromatic carbocycles. The van der Waals surface area contributed by atoms with Crippen molar-refractivity contribution >= 4 is 11.0 Å². The Hall–Kier alpha value is -2.56. The van der Waals surface area contributed by atoms with Crippen LogP contribution in [-0.4, -0.2) is 9.97 Å². The molecule has 0 saturated carbocycles. The molecule has 0 spiro atoms. The number of nitrogens with zero attached hydrogens (tertiary/aromatic N) is 1. The first-order valence-electron chi connectivity index (χ1n) is 6.88. The van der Waals surface area contributed by atoms with Crippen molar-refractivity contribution in [2.24, 2.45) is 0 Å². The molecule has 0 aliphatic rings. The Balaban J connectivity index is 2.06. The summed E-state index contributed by atoms with van der Waals surface area (Å²) in [5.74, 6) is -1.84. The van der Waals surface area contributed by atoms with Gasteiger partial charge < -0.3 is 4.98 Å². The molecule has 0 fully saturated rings. The Morgan fingerprint density at radius 2 is 1.77 bits per heavy atom. The van der Waals surface area contributed by atoms with Crippen LogP contribution >= 0.6 is 0 Å². The molecule has 1 heterocycles. The predicted octanol–water partition coefficient (Wildman–Crippen LogP) is 3.41. The zero-order chi connectivity index (χ0) is 15.9. The SMILES string of the molecule is Cc1cc2nc(Cc3ccc(F)c(F)c3)c(=O)[nH]c2cc1C. The normalized spacial score (nSPS) is 11.1. The summed E-state index contributed by atoms with van der Waals surface area (Å²) in [6.07, 6.45) is 0.148. The van der Waals surface area contributed by atoms with Crippen LogP contribution in [0.5, 0.6) is 0 Å². The second-order valence-electron chi connectivity index (χ2n) is 5.39. The number of hydrogen-bond acceptors (Lipinski definition) is 2. The molecule has 3 rings (SSSR count). The van der Waals surface area contributed by atoms with Crippen LogP contribution in [0.2, 0.25) is 0 Å². The predicted molar refractivity (Wildman–Crippen MR) is 81.0 cm³/mol. The summed E-state index contributed by atoms with van der Waals surface area (Å²) in [5.41, 5.74) is 3.95. The van der Waals surface area contributed by atoms with E-state index in [1.54, 1.807) is 0 Å². The number of nitrogens with one attached hydrogen (secondary N) is 1. The van der Waals surface area contributed by atoms with Crippen molar-refractivity contribution in [3.05, 3.63) is 74.7 Å². The fourth-order valence-electron chi connectivity index (χ4n) is 2.35. The van der Waals surface area contributed by atoms with Crippen molar-refractivity contribution in [3.8, 4) is 0 Å². The average Bonchev–Trinajstić information content (AvgIpc) is 2.46. The molecule has 0 aliphatic carbocycles. The monoisotopic (exact) mass is 300 g/mol. The third-order valence-electron chi connectivity index (χ3n) is 3.73. The van der Waals surface area contributed by atoms with Gasteiger partial charge in [0, 0.05) is 6.42 Å². The highest BCUT2D eigenvalue weighted by atomic mass is 19.2. The Bertz CT molecular complexity index is 932. The minimum atomic E-state index is -0.929. The number of aromatic amines is 1. The van der Waals surface area contributed by atoms with Crippen LogP contribution in [0.4, 0.5) is 8.78 Å². The smallest absolute Gasteiger partial charge is 0.270 e. The van der Waals surface area contributed by atoms with E-state index in [1.165, 1.54) is 6.07 Å². The summed E-state index contributed by atoms with van der Waals surface area (Å²) in [5, 5.41) is 0. The van der Waals surface area contributed by atoms with Crippen molar-refractivity contribution in [3.63, 3.8) is 0 Å². The van der Waals surface area contributed by atoms with E-state index in [2.05, 4.69) is 9.97 Å². The second-order valence-corrected chi connectivity index (χ2v) is 5.39. The molecule has 3 aromatic rings. The number of aromatic nitrogens is 2. The molecule has 112 valence electrons. The van der Waals surface area contributed by atoms with E-state index in [9.17, 15) is 13.6 Å². The molecule has 3 nitrogen and oxygen atoms in total. The van der Waals surface area contributed by atoms with Gasteiger partial charge in [-0.2, -0.15) is 0 Å². The zero-order valence-corrected chi connectivity index (χ0v) is 12.2. The van der Waals surface area contributed by atoms with E-state index in [4.69, 9.17) is 0 Å². The molecule has 5 heteroatoms. The van der Waals surface area contributed by atoms with Crippen LogP contribution in [0.1, 0.15) is 22.4 Å². The maximum absolute atomic E-state index is 13.3. The van der Waals surface area contributed by atoms with Crippen LogP contribution in [0.25, 0.3) is 11.0 Å². The largest absolute Gasteiger partial charge is 0.319 e. The van der Waals surface area contributed by atoms with Gasteiger partial charge in [-0.1, -0.05) is 6.07 Å². The van der Waals surface area contributed by atoms with Crippen LogP contribution in [0.3, 0.4) is 0 Å². The summed E-state index contributed by atoms with van der Waals surface area (Å²) in [7, 11) is 0. The maximum atomic E-state index is 13.3. The van der Waals surface area contributed by atoms with E-state index in [0.717, 1.165) is 23.3 Å². The minimum Gasteiger partial charge on any atom is -0.319 e. The molecule has 0 radical (unpaired) electrons. The van der Waals surface area contributed by atoms with Crippen LogP contribution < -0.4 is 5.56 Å². The summed E-state index contributed by atoms with van der Waals surface area (Å²) < 4.78 is 26.2. The van der Waals surface area contributed by atoms with E-state index in [-0.39, 0.29) is 17.7 Å². The molecule has 0 unspecified atom stereocenters. The summed E-state index contributed by atoms with van der Waals surface area (Å²) in [6.45, 7) is 3.93. The number of benzene rings is 2. The molecular formula is C17H14F2N2O. The summed E-state index contributed by atoms with van der Waals surface area (Å²) in [4.78, 5) is 19.3. The second kappa shape index (κ2) is 5.33. The highest BCUT2D eigenvalue weighted by Gasteiger charge is 2.09. The first kappa shape index (κ1) is 14.4. The highest BCUT2D eigenvalue weighted by molar-refractivity contribution is 5.76. The van der Waals surface area contributed by atoms with Crippen molar-refractivity contribution in [2.45, 2.75) is 20.3 Å². The Morgan fingerprint density at radius 3 is 2.50 bits per heavy atom. The maximum Gasteiger partial charge on any atom is 0.270 e. The van der Waals surface area contributed by atoms with Gasteiger partial charge in [0.1, 0.15) is 5.69 Å². The Labute approximate surface area is 125 Å². The first-order chi connectivity index (χ1) is 10.4. The van der Waals surface area contributed by atoms with E-state index in [1.807, 2.05) is 26.0 Å².